The van der Waals surface area contributed by atoms with Gasteiger partial charge in [0.15, 0.2) is 0 Å². The summed E-state index contributed by atoms with van der Waals surface area (Å²) in [5.74, 6) is -2.97. The van der Waals surface area contributed by atoms with Gasteiger partial charge in [-0.3, -0.25) is 0 Å². The van der Waals surface area contributed by atoms with Crippen molar-refractivity contribution in [2.45, 2.75) is 104 Å². The molecule has 0 bridgehead atoms. The second kappa shape index (κ2) is 19.9. The molecule has 0 aliphatic rings. The zero-order valence-electron chi connectivity index (χ0n) is 17.0. The predicted molar refractivity (Wildman–Crippen MR) is 88.4 cm³/mol. The van der Waals surface area contributed by atoms with Crippen LogP contribution in [0.25, 0.3) is 0 Å². The molecule has 0 aliphatic carbocycles. The fourth-order valence-electron chi connectivity index (χ4n) is 3.01. The first-order chi connectivity index (χ1) is 11.0. The summed E-state index contributed by atoms with van der Waals surface area (Å²) in [4.78, 5) is 22.7. The first kappa shape index (κ1) is 30.9. The second-order valence-corrected chi connectivity index (χ2v) is 6.69. The predicted octanol–water partition coefficient (Wildman–Crippen LogP) is -3.02. The average Bonchev–Trinajstić information content (AvgIpc) is 2.51. The van der Waals surface area contributed by atoms with Crippen molar-refractivity contribution in [1.82, 2.24) is 0 Å². The van der Waals surface area contributed by atoms with Crippen molar-refractivity contribution in [1.29, 1.82) is 0 Å². The van der Waals surface area contributed by atoms with Gasteiger partial charge in [0.2, 0.25) is 0 Å². The largest absolute Gasteiger partial charge is 1.00 e. The number of rotatable bonds is 16. The molecular formula is C19H34KLiO4. The maximum atomic E-state index is 11.3. The topological polar surface area (TPSA) is 80.3 Å². The van der Waals surface area contributed by atoms with E-state index in [2.05, 4.69) is 6.92 Å². The number of unbranched alkanes of at least 4 members (excludes halogenated alkanes) is 10. The van der Waals surface area contributed by atoms with Crippen molar-refractivity contribution in [3.05, 3.63) is 0 Å². The fourth-order valence-corrected chi connectivity index (χ4v) is 3.01. The Morgan fingerprint density at radius 1 is 0.640 bits per heavy atom. The van der Waals surface area contributed by atoms with Crippen LogP contribution < -0.4 is 80.5 Å². The second-order valence-electron chi connectivity index (χ2n) is 6.69. The molecule has 0 saturated carbocycles. The van der Waals surface area contributed by atoms with Gasteiger partial charge in [-0.15, -0.1) is 0 Å². The summed E-state index contributed by atoms with van der Waals surface area (Å²) in [6.07, 6.45) is 12.9. The number of carboxylic acids is 2. The number of carbonyl (C=O) groups excluding carboxylic acids is 2. The Morgan fingerprint density at radius 3 is 1.32 bits per heavy atom. The Balaban J connectivity index is -0.00000242. The Kier molecular flexibility index (Phi) is 24.6. The van der Waals surface area contributed by atoms with Gasteiger partial charge in [0.25, 0.3) is 0 Å². The molecule has 0 aromatic rings. The van der Waals surface area contributed by atoms with Gasteiger partial charge in [-0.1, -0.05) is 90.9 Å². The van der Waals surface area contributed by atoms with E-state index in [-0.39, 0.29) is 83.1 Å². The normalized spacial score (nSPS) is 10.6. The Bertz CT molecular complexity index is 323. The van der Waals surface area contributed by atoms with Crippen molar-refractivity contribution in [2.24, 2.45) is 5.41 Å². The summed E-state index contributed by atoms with van der Waals surface area (Å²) in [6, 6.07) is 0. The van der Waals surface area contributed by atoms with Crippen LogP contribution in [0.3, 0.4) is 0 Å². The summed E-state index contributed by atoms with van der Waals surface area (Å²) in [5, 5.41) is 22.7. The summed E-state index contributed by atoms with van der Waals surface area (Å²) >= 11 is 0. The van der Waals surface area contributed by atoms with E-state index >= 15 is 0 Å². The van der Waals surface area contributed by atoms with E-state index in [0.717, 1.165) is 25.7 Å². The van der Waals surface area contributed by atoms with E-state index in [4.69, 9.17) is 0 Å². The molecule has 136 valence electrons. The van der Waals surface area contributed by atoms with E-state index < -0.39 is 17.4 Å². The van der Waals surface area contributed by atoms with E-state index in [1.807, 2.05) is 6.92 Å². The number of carbonyl (C=O) groups is 2. The molecule has 0 heterocycles. The van der Waals surface area contributed by atoms with Crippen molar-refractivity contribution >= 4 is 11.9 Å². The molecule has 0 aromatic heterocycles. The first-order valence-electron chi connectivity index (χ1n) is 9.44. The van der Waals surface area contributed by atoms with Gasteiger partial charge >= 0.3 is 70.2 Å². The van der Waals surface area contributed by atoms with Gasteiger partial charge in [0, 0.05) is 5.41 Å². The van der Waals surface area contributed by atoms with E-state index in [1.165, 1.54) is 38.5 Å². The molecule has 25 heavy (non-hydrogen) atoms. The molecule has 0 saturated heterocycles. The molecule has 0 atom stereocenters. The third-order valence-electron chi connectivity index (χ3n) is 4.70. The molecule has 0 aliphatic heterocycles. The van der Waals surface area contributed by atoms with Crippen molar-refractivity contribution in [2.75, 3.05) is 0 Å². The third kappa shape index (κ3) is 13.9. The molecule has 0 unspecified atom stereocenters. The minimum absolute atomic E-state index is 0. The van der Waals surface area contributed by atoms with Gasteiger partial charge in [-0.05, 0) is 12.8 Å². The Labute approximate surface area is 208 Å². The van der Waals surface area contributed by atoms with Crippen molar-refractivity contribution in [3.63, 3.8) is 0 Å². The molecular weight excluding hydrogens is 338 g/mol. The van der Waals surface area contributed by atoms with Crippen LogP contribution in [0, 0.1) is 5.41 Å². The maximum absolute atomic E-state index is 11.3. The number of aliphatic carboxylic acids is 2. The van der Waals surface area contributed by atoms with Crippen molar-refractivity contribution in [3.8, 4) is 0 Å². The van der Waals surface area contributed by atoms with Crippen LogP contribution in [0.15, 0.2) is 0 Å². The van der Waals surface area contributed by atoms with E-state index in [1.54, 1.807) is 0 Å². The monoisotopic (exact) mass is 372 g/mol. The van der Waals surface area contributed by atoms with Crippen LogP contribution >= 0.6 is 0 Å². The standard InChI is InChI=1S/C19H36O4.K.Li/c1-3-5-7-8-9-10-11-12-13-14-16-19(17(20)21,18(22)23)15-6-4-2;;/h3-16H2,1-2H3,(H,20,21)(H,22,23);;/q;2*+1/p-2. The third-order valence-corrected chi connectivity index (χ3v) is 4.70. The van der Waals surface area contributed by atoms with E-state index in [9.17, 15) is 19.8 Å². The fraction of sp³-hybridized carbons (Fsp3) is 0.895. The van der Waals surface area contributed by atoms with Gasteiger partial charge in [0.05, 0.1) is 11.9 Å². The zero-order chi connectivity index (χ0) is 17.6. The molecule has 0 amide bonds. The van der Waals surface area contributed by atoms with Crippen LogP contribution in [0.4, 0.5) is 0 Å². The minimum atomic E-state index is -1.80. The van der Waals surface area contributed by atoms with Crippen LogP contribution in [0.2, 0.25) is 0 Å². The van der Waals surface area contributed by atoms with Gasteiger partial charge in [-0.25, -0.2) is 0 Å². The zero-order valence-corrected chi connectivity index (χ0v) is 20.2. The first-order valence-corrected chi connectivity index (χ1v) is 9.44. The summed E-state index contributed by atoms with van der Waals surface area (Å²) in [5.41, 5.74) is -1.80. The number of hydrogen-bond donors (Lipinski definition) is 0. The number of carboxylic acid groups (broad SMARTS) is 2. The molecule has 0 spiro atoms. The molecule has 0 radical (unpaired) electrons. The van der Waals surface area contributed by atoms with Crippen molar-refractivity contribution < 1.29 is 90.0 Å². The smallest absolute Gasteiger partial charge is 0.549 e. The minimum Gasteiger partial charge on any atom is -0.549 e. The van der Waals surface area contributed by atoms with Crippen LogP contribution in [0.5, 0.6) is 0 Å². The molecule has 0 fully saturated rings. The van der Waals surface area contributed by atoms with Crippen LogP contribution in [-0.4, -0.2) is 11.9 Å². The quantitative estimate of drug-likeness (QED) is 0.164. The summed E-state index contributed by atoms with van der Waals surface area (Å²) < 4.78 is 0. The number of hydrogen-bond acceptors (Lipinski definition) is 4. The SMILES string of the molecule is CCCCCCCCCCCCC(CCCC)(C(=O)[O-])C(=O)[O-].[K+].[Li+]. The molecule has 4 nitrogen and oxygen atoms in total. The van der Waals surface area contributed by atoms with Gasteiger partial charge < -0.3 is 19.8 Å². The molecule has 0 rings (SSSR count). The van der Waals surface area contributed by atoms with Gasteiger partial charge in [0.1, 0.15) is 0 Å². The molecule has 0 N–H and O–H groups in total. The molecule has 6 heteroatoms. The van der Waals surface area contributed by atoms with Gasteiger partial charge in [-0.2, -0.15) is 0 Å². The molecule has 0 aromatic carbocycles. The summed E-state index contributed by atoms with van der Waals surface area (Å²) in [6.45, 7) is 4.12. The van der Waals surface area contributed by atoms with Crippen LogP contribution in [0.1, 0.15) is 104 Å². The average molecular weight is 373 g/mol. The Hall–Kier alpha value is 1.17. The van der Waals surface area contributed by atoms with E-state index in [0.29, 0.717) is 12.8 Å². The Morgan fingerprint density at radius 2 is 0.960 bits per heavy atom. The maximum Gasteiger partial charge on any atom is 1.00 e. The van der Waals surface area contributed by atoms with Crippen LogP contribution in [-0.2, 0) is 9.59 Å². The summed E-state index contributed by atoms with van der Waals surface area (Å²) in [7, 11) is 0.